The van der Waals surface area contributed by atoms with Crippen molar-refractivity contribution >= 4 is 34.0 Å². The van der Waals surface area contributed by atoms with E-state index in [4.69, 9.17) is 0 Å². The number of nitrogens with zero attached hydrogens (tertiary/aromatic N) is 1. The van der Waals surface area contributed by atoms with Crippen molar-refractivity contribution < 1.29 is 4.79 Å². The third-order valence-corrected chi connectivity index (χ3v) is 4.42. The number of rotatable bonds is 3. The Balaban J connectivity index is 1.88. The molecule has 0 atom stereocenters. The lowest BCUT2D eigenvalue weighted by Crippen LogP contribution is -2.10. The van der Waals surface area contributed by atoms with E-state index >= 15 is 0 Å². The van der Waals surface area contributed by atoms with E-state index in [1.165, 1.54) is 21.8 Å². The van der Waals surface area contributed by atoms with Crippen molar-refractivity contribution in [1.29, 1.82) is 0 Å². The zero-order chi connectivity index (χ0) is 14.1. The number of aromatic nitrogens is 2. The second-order valence-electron chi connectivity index (χ2n) is 4.62. The predicted molar refractivity (Wildman–Crippen MR) is 82.5 cm³/mol. The Morgan fingerprint density at radius 3 is 2.95 bits per heavy atom. The number of aryl methyl sites for hydroxylation is 2. The molecule has 5 heteroatoms. The topological polar surface area (TPSA) is 57.8 Å². The van der Waals surface area contributed by atoms with Crippen molar-refractivity contribution in [2.45, 2.75) is 20.3 Å². The molecule has 0 fully saturated rings. The van der Waals surface area contributed by atoms with Crippen molar-refractivity contribution in [3.8, 4) is 0 Å². The summed E-state index contributed by atoms with van der Waals surface area (Å²) in [5.74, 6) is 0.477. The maximum atomic E-state index is 12.3. The average molecular weight is 285 g/mol. The van der Waals surface area contributed by atoms with Gasteiger partial charge in [0, 0.05) is 10.3 Å². The first-order valence-corrected chi connectivity index (χ1v) is 7.34. The molecule has 2 aromatic heterocycles. The number of amides is 1. The van der Waals surface area contributed by atoms with Crippen LogP contribution in [0.3, 0.4) is 0 Å². The number of para-hydroxylation sites is 1. The van der Waals surface area contributed by atoms with Crippen LogP contribution < -0.4 is 5.32 Å². The Labute approximate surface area is 120 Å². The van der Waals surface area contributed by atoms with E-state index in [9.17, 15) is 4.79 Å². The molecule has 2 N–H and O–H groups in total. The third-order valence-electron chi connectivity index (χ3n) is 3.33. The molecule has 3 aromatic rings. The minimum absolute atomic E-state index is 0.102. The standard InChI is InChI=1S/C15H15N3OS/c1-3-10-8-13(20-9(10)2)15(19)16-14-11-6-4-5-7-12(11)17-18-14/h4-8H,3H2,1-2H3,(H2,16,17,18,19). The molecule has 0 radical (unpaired) electrons. The molecule has 0 aliphatic carbocycles. The Hall–Kier alpha value is -2.14. The Morgan fingerprint density at radius 1 is 1.40 bits per heavy atom. The van der Waals surface area contributed by atoms with Gasteiger partial charge in [0.05, 0.1) is 10.4 Å². The second-order valence-corrected chi connectivity index (χ2v) is 5.87. The zero-order valence-corrected chi connectivity index (χ0v) is 12.2. The van der Waals surface area contributed by atoms with Gasteiger partial charge in [0.2, 0.25) is 0 Å². The van der Waals surface area contributed by atoms with E-state index in [0.717, 1.165) is 22.2 Å². The monoisotopic (exact) mass is 285 g/mol. The zero-order valence-electron chi connectivity index (χ0n) is 11.4. The van der Waals surface area contributed by atoms with E-state index < -0.39 is 0 Å². The smallest absolute Gasteiger partial charge is 0.266 e. The van der Waals surface area contributed by atoms with Crippen LogP contribution >= 0.6 is 11.3 Å². The molecule has 1 aromatic carbocycles. The number of benzene rings is 1. The molecular formula is C15H15N3OS. The quantitative estimate of drug-likeness (QED) is 0.770. The van der Waals surface area contributed by atoms with E-state index in [2.05, 4.69) is 22.4 Å². The molecule has 0 unspecified atom stereocenters. The Kier molecular flexibility index (Phi) is 3.28. The number of carbonyl (C=O) groups excluding carboxylic acids is 1. The molecule has 102 valence electrons. The summed E-state index contributed by atoms with van der Waals surface area (Å²) >= 11 is 1.52. The molecule has 0 bridgehead atoms. The van der Waals surface area contributed by atoms with Crippen molar-refractivity contribution in [3.05, 3.63) is 45.6 Å². The fourth-order valence-electron chi connectivity index (χ4n) is 2.21. The Bertz CT molecular complexity index is 772. The molecular weight excluding hydrogens is 270 g/mol. The largest absolute Gasteiger partial charge is 0.304 e. The summed E-state index contributed by atoms with van der Waals surface area (Å²) in [6.07, 6.45) is 0.945. The number of thiophene rings is 1. The number of aromatic amines is 1. The number of hydrogen-bond donors (Lipinski definition) is 2. The fourth-order valence-corrected chi connectivity index (χ4v) is 3.22. The number of carbonyl (C=O) groups is 1. The summed E-state index contributed by atoms with van der Waals surface area (Å²) < 4.78 is 0. The first kappa shape index (κ1) is 12.9. The average Bonchev–Trinajstić information content (AvgIpc) is 3.03. The summed E-state index contributed by atoms with van der Waals surface area (Å²) in [7, 11) is 0. The molecule has 20 heavy (non-hydrogen) atoms. The molecule has 0 spiro atoms. The first-order chi connectivity index (χ1) is 9.69. The van der Waals surface area contributed by atoms with Gasteiger partial charge in [-0.15, -0.1) is 11.3 Å². The lowest BCUT2D eigenvalue weighted by Gasteiger charge is -1.99. The van der Waals surface area contributed by atoms with E-state index in [-0.39, 0.29) is 5.91 Å². The summed E-state index contributed by atoms with van der Waals surface area (Å²) in [6.45, 7) is 4.14. The summed E-state index contributed by atoms with van der Waals surface area (Å²) in [5, 5.41) is 10.9. The van der Waals surface area contributed by atoms with Gasteiger partial charge in [0.25, 0.3) is 5.91 Å². The minimum atomic E-state index is -0.102. The Morgan fingerprint density at radius 2 is 2.20 bits per heavy atom. The highest BCUT2D eigenvalue weighted by Gasteiger charge is 2.14. The van der Waals surface area contributed by atoms with Crippen LogP contribution in [0.1, 0.15) is 27.0 Å². The van der Waals surface area contributed by atoms with Crippen molar-refractivity contribution in [2.24, 2.45) is 0 Å². The van der Waals surface area contributed by atoms with Crippen LogP contribution in [0.5, 0.6) is 0 Å². The van der Waals surface area contributed by atoms with Gasteiger partial charge < -0.3 is 5.32 Å². The van der Waals surface area contributed by atoms with Gasteiger partial charge >= 0.3 is 0 Å². The van der Waals surface area contributed by atoms with E-state index in [0.29, 0.717) is 5.82 Å². The van der Waals surface area contributed by atoms with Gasteiger partial charge in [-0.25, -0.2) is 0 Å². The van der Waals surface area contributed by atoms with E-state index in [1.807, 2.05) is 37.3 Å². The lowest BCUT2D eigenvalue weighted by molar-refractivity contribution is 0.103. The SMILES string of the molecule is CCc1cc(C(=O)Nc2n[nH]c3ccccc23)sc1C. The highest BCUT2D eigenvalue weighted by atomic mass is 32.1. The maximum Gasteiger partial charge on any atom is 0.266 e. The number of fused-ring (bicyclic) bond motifs is 1. The fraction of sp³-hybridized carbons (Fsp3) is 0.200. The second kappa shape index (κ2) is 5.09. The van der Waals surface area contributed by atoms with E-state index in [1.54, 1.807) is 0 Å². The summed E-state index contributed by atoms with van der Waals surface area (Å²) in [4.78, 5) is 14.2. The van der Waals surface area contributed by atoms with Gasteiger partial charge in [-0.1, -0.05) is 19.1 Å². The van der Waals surface area contributed by atoms with Gasteiger partial charge in [-0.05, 0) is 37.1 Å². The third kappa shape index (κ3) is 2.20. The highest BCUT2D eigenvalue weighted by Crippen LogP contribution is 2.24. The molecule has 3 rings (SSSR count). The van der Waals surface area contributed by atoms with Crippen LogP contribution in [0, 0.1) is 6.92 Å². The van der Waals surface area contributed by atoms with Gasteiger partial charge in [0.15, 0.2) is 5.82 Å². The van der Waals surface area contributed by atoms with Crippen LogP contribution in [0.2, 0.25) is 0 Å². The normalized spacial score (nSPS) is 10.9. The van der Waals surface area contributed by atoms with Crippen LogP contribution in [0.15, 0.2) is 30.3 Å². The molecule has 0 aliphatic heterocycles. The van der Waals surface area contributed by atoms with Gasteiger partial charge in [0.1, 0.15) is 0 Å². The molecule has 0 saturated heterocycles. The summed E-state index contributed by atoms with van der Waals surface area (Å²) in [6, 6.07) is 9.69. The molecule has 0 aliphatic rings. The summed E-state index contributed by atoms with van der Waals surface area (Å²) in [5.41, 5.74) is 2.14. The van der Waals surface area contributed by atoms with Crippen LogP contribution in [0.25, 0.3) is 10.9 Å². The van der Waals surface area contributed by atoms with Crippen molar-refractivity contribution in [3.63, 3.8) is 0 Å². The number of H-pyrrole nitrogens is 1. The van der Waals surface area contributed by atoms with Crippen LogP contribution in [-0.4, -0.2) is 16.1 Å². The highest BCUT2D eigenvalue weighted by molar-refractivity contribution is 7.14. The van der Waals surface area contributed by atoms with Crippen LogP contribution in [-0.2, 0) is 6.42 Å². The predicted octanol–water partition coefficient (Wildman–Crippen LogP) is 3.75. The maximum absolute atomic E-state index is 12.3. The minimum Gasteiger partial charge on any atom is -0.304 e. The molecule has 0 saturated carbocycles. The number of anilines is 1. The molecule has 1 amide bonds. The lowest BCUT2D eigenvalue weighted by atomic mass is 10.2. The van der Waals surface area contributed by atoms with Crippen molar-refractivity contribution in [1.82, 2.24) is 10.2 Å². The van der Waals surface area contributed by atoms with Gasteiger partial charge in [-0.3, -0.25) is 9.89 Å². The van der Waals surface area contributed by atoms with Gasteiger partial charge in [-0.2, -0.15) is 5.10 Å². The first-order valence-electron chi connectivity index (χ1n) is 6.52. The number of hydrogen-bond acceptors (Lipinski definition) is 3. The molecule has 2 heterocycles. The van der Waals surface area contributed by atoms with Crippen LogP contribution in [0.4, 0.5) is 5.82 Å². The molecule has 4 nitrogen and oxygen atoms in total. The van der Waals surface area contributed by atoms with Crippen molar-refractivity contribution in [2.75, 3.05) is 5.32 Å². The number of nitrogens with one attached hydrogen (secondary N) is 2.